The van der Waals surface area contributed by atoms with Crippen LogP contribution in [-0.2, 0) is 6.54 Å². The number of hydrogen-bond acceptors (Lipinski definition) is 6. The number of halogens is 1. The maximum Gasteiger partial charge on any atom is 0.253 e. The number of aryl methyl sites for hydroxylation is 1. The molecule has 0 radical (unpaired) electrons. The van der Waals surface area contributed by atoms with Crippen molar-refractivity contribution < 1.29 is 14.1 Å². The highest BCUT2D eigenvalue weighted by molar-refractivity contribution is 6.30. The lowest BCUT2D eigenvalue weighted by Crippen LogP contribution is -2.48. The molecule has 1 aliphatic rings. The molecule has 1 saturated heterocycles. The summed E-state index contributed by atoms with van der Waals surface area (Å²) in [5, 5.41) is 4.73. The predicted octanol–water partition coefficient (Wildman–Crippen LogP) is 4.06. The molecule has 3 aromatic rings. The number of benzene rings is 2. The molecule has 162 valence electrons. The summed E-state index contributed by atoms with van der Waals surface area (Å²) >= 11 is 5.93. The monoisotopic (exact) mass is 440 g/mol. The third-order valence-electron chi connectivity index (χ3n) is 5.31. The second kappa shape index (κ2) is 9.49. The minimum atomic E-state index is 0.0496. The van der Waals surface area contributed by atoms with E-state index in [4.69, 9.17) is 20.9 Å². The van der Waals surface area contributed by atoms with Crippen molar-refractivity contribution >= 4 is 17.5 Å². The smallest absolute Gasteiger partial charge is 0.253 e. The van der Waals surface area contributed by atoms with Gasteiger partial charge in [0.25, 0.3) is 5.91 Å². The summed E-state index contributed by atoms with van der Waals surface area (Å²) in [6, 6.07) is 12.9. The number of carbonyl (C=O) groups excluding carboxylic acids is 1. The highest BCUT2D eigenvalue weighted by Gasteiger charge is 2.24. The summed E-state index contributed by atoms with van der Waals surface area (Å²) in [4.78, 5) is 21.5. The maximum absolute atomic E-state index is 12.9. The molecule has 0 spiro atoms. The normalized spacial score (nSPS) is 14.6. The van der Waals surface area contributed by atoms with Gasteiger partial charge in [-0.05, 0) is 61.9 Å². The van der Waals surface area contributed by atoms with Crippen LogP contribution in [-0.4, -0.2) is 58.6 Å². The zero-order valence-corrected chi connectivity index (χ0v) is 18.4. The van der Waals surface area contributed by atoms with Crippen LogP contribution in [0.3, 0.4) is 0 Å². The largest absolute Gasteiger partial charge is 0.494 e. The van der Waals surface area contributed by atoms with E-state index in [1.165, 1.54) is 0 Å². The summed E-state index contributed by atoms with van der Waals surface area (Å²) in [5.74, 6) is 1.98. The van der Waals surface area contributed by atoms with Crippen LogP contribution in [0, 0.1) is 6.92 Å². The minimum Gasteiger partial charge on any atom is -0.494 e. The lowest BCUT2D eigenvalue weighted by atomic mass is 10.1. The molecule has 0 saturated carbocycles. The van der Waals surface area contributed by atoms with Crippen molar-refractivity contribution in [1.82, 2.24) is 19.9 Å². The molecule has 0 N–H and O–H groups in total. The molecule has 1 aromatic heterocycles. The van der Waals surface area contributed by atoms with E-state index in [0.29, 0.717) is 48.5 Å². The third-order valence-corrected chi connectivity index (χ3v) is 5.56. The van der Waals surface area contributed by atoms with E-state index in [0.717, 1.165) is 30.0 Å². The van der Waals surface area contributed by atoms with Gasteiger partial charge in [-0.2, -0.15) is 4.98 Å². The number of piperazine rings is 1. The number of carbonyl (C=O) groups is 1. The molecular formula is C23H25ClN4O3. The molecule has 0 unspecified atom stereocenters. The van der Waals surface area contributed by atoms with Crippen LogP contribution in [0.2, 0.25) is 5.02 Å². The Morgan fingerprint density at radius 2 is 1.87 bits per heavy atom. The Morgan fingerprint density at radius 1 is 1.13 bits per heavy atom. The van der Waals surface area contributed by atoms with E-state index in [2.05, 4.69) is 15.0 Å². The van der Waals surface area contributed by atoms with E-state index in [-0.39, 0.29) is 5.91 Å². The van der Waals surface area contributed by atoms with Crippen LogP contribution in [0.4, 0.5) is 0 Å². The highest BCUT2D eigenvalue weighted by Crippen LogP contribution is 2.22. The molecule has 0 atom stereocenters. The number of ether oxygens (including phenoxy) is 1. The van der Waals surface area contributed by atoms with Gasteiger partial charge in [0.2, 0.25) is 11.7 Å². The van der Waals surface area contributed by atoms with Gasteiger partial charge in [0.15, 0.2) is 0 Å². The van der Waals surface area contributed by atoms with Gasteiger partial charge in [-0.3, -0.25) is 9.69 Å². The van der Waals surface area contributed by atoms with Crippen molar-refractivity contribution in [3.63, 3.8) is 0 Å². The van der Waals surface area contributed by atoms with Gasteiger partial charge in [-0.25, -0.2) is 0 Å². The van der Waals surface area contributed by atoms with Crippen molar-refractivity contribution in [2.24, 2.45) is 0 Å². The first-order valence-electron chi connectivity index (χ1n) is 10.4. The van der Waals surface area contributed by atoms with Crippen LogP contribution >= 0.6 is 11.6 Å². The van der Waals surface area contributed by atoms with Gasteiger partial charge < -0.3 is 14.2 Å². The van der Waals surface area contributed by atoms with Crippen LogP contribution in [0.15, 0.2) is 47.0 Å². The van der Waals surface area contributed by atoms with E-state index in [9.17, 15) is 4.79 Å². The van der Waals surface area contributed by atoms with Crippen LogP contribution in [0.1, 0.15) is 28.7 Å². The van der Waals surface area contributed by atoms with Crippen molar-refractivity contribution in [2.45, 2.75) is 20.4 Å². The van der Waals surface area contributed by atoms with Crippen molar-refractivity contribution in [3.8, 4) is 17.1 Å². The van der Waals surface area contributed by atoms with Crippen LogP contribution in [0.5, 0.6) is 5.75 Å². The molecule has 31 heavy (non-hydrogen) atoms. The zero-order chi connectivity index (χ0) is 21.8. The van der Waals surface area contributed by atoms with Crippen molar-refractivity contribution in [1.29, 1.82) is 0 Å². The average molecular weight is 441 g/mol. The first kappa shape index (κ1) is 21.3. The Labute approximate surface area is 186 Å². The minimum absolute atomic E-state index is 0.0496. The van der Waals surface area contributed by atoms with Gasteiger partial charge in [0.05, 0.1) is 13.2 Å². The van der Waals surface area contributed by atoms with E-state index in [1.54, 1.807) is 12.1 Å². The SMILES string of the molecule is CCOc1ccc(C(=O)N2CCN(Cc3nc(-c4ccc(Cl)cc4)no3)CC2)cc1C. The van der Waals surface area contributed by atoms with E-state index in [1.807, 2.05) is 49.1 Å². The summed E-state index contributed by atoms with van der Waals surface area (Å²) < 4.78 is 11.0. The van der Waals surface area contributed by atoms with Crippen molar-refractivity contribution in [2.75, 3.05) is 32.8 Å². The lowest BCUT2D eigenvalue weighted by Gasteiger charge is -2.34. The summed E-state index contributed by atoms with van der Waals surface area (Å²) in [6.07, 6.45) is 0. The molecule has 1 fully saturated rings. The molecule has 2 aromatic carbocycles. The molecule has 0 aliphatic carbocycles. The third kappa shape index (κ3) is 5.06. The number of rotatable bonds is 6. The maximum atomic E-state index is 12.9. The fraction of sp³-hybridized carbons (Fsp3) is 0.348. The summed E-state index contributed by atoms with van der Waals surface area (Å²) in [7, 11) is 0. The zero-order valence-electron chi connectivity index (χ0n) is 17.7. The Kier molecular flexibility index (Phi) is 6.53. The Bertz CT molecular complexity index is 1040. The fourth-order valence-corrected chi connectivity index (χ4v) is 3.74. The summed E-state index contributed by atoms with van der Waals surface area (Å²) in [5.41, 5.74) is 2.53. The predicted molar refractivity (Wildman–Crippen MR) is 118 cm³/mol. The quantitative estimate of drug-likeness (QED) is 0.575. The number of aromatic nitrogens is 2. The molecular weight excluding hydrogens is 416 g/mol. The molecule has 1 amide bonds. The number of nitrogens with zero attached hydrogens (tertiary/aromatic N) is 4. The molecule has 1 aliphatic heterocycles. The average Bonchev–Trinajstić information content (AvgIpc) is 3.24. The van der Waals surface area contributed by atoms with Crippen molar-refractivity contribution in [3.05, 3.63) is 64.5 Å². The van der Waals surface area contributed by atoms with Crippen LogP contribution < -0.4 is 4.74 Å². The summed E-state index contributed by atoms with van der Waals surface area (Å²) in [6.45, 7) is 7.89. The lowest BCUT2D eigenvalue weighted by molar-refractivity contribution is 0.0615. The topological polar surface area (TPSA) is 71.7 Å². The molecule has 7 nitrogen and oxygen atoms in total. The number of amides is 1. The second-order valence-electron chi connectivity index (χ2n) is 7.50. The van der Waals surface area contributed by atoms with E-state index >= 15 is 0 Å². The molecule has 4 rings (SSSR count). The molecule has 0 bridgehead atoms. The molecule has 2 heterocycles. The first-order chi connectivity index (χ1) is 15.0. The fourth-order valence-electron chi connectivity index (χ4n) is 3.62. The number of hydrogen-bond donors (Lipinski definition) is 0. The van der Waals surface area contributed by atoms with E-state index < -0.39 is 0 Å². The van der Waals surface area contributed by atoms with Crippen LogP contribution in [0.25, 0.3) is 11.4 Å². The second-order valence-corrected chi connectivity index (χ2v) is 7.94. The first-order valence-corrected chi connectivity index (χ1v) is 10.7. The standard InChI is InChI=1S/C23H25ClN4O3/c1-3-30-20-9-6-18(14-16(20)2)23(29)28-12-10-27(11-13-28)15-21-25-22(26-31-21)17-4-7-19(24)8-5-17/h4-9,14H,3,10-13,15H2,1-2H3. The van der Waals surface area contributed by atoms with Gasteiger partial charge in [0, 0.05) is 42.3 Å². The Hall–Kier alpha value is -2.90. The molecule has 8 heteroatoms. The highest BCUT2D eigenvalue weighted by atomic mass is 35.5. The van der Waals surface area contributed by atoms with Gasteiger partial charge in [-0.15, -0.1) is 0 Å². The van der Waals surface area contributed by atoms with Gasteiger partial charge in [-0.1, -0.05) is 16.8 Å². The van der Waals surface area contributed by atoms with Gasteiger partial charge >= 0.3 is 0 Å². The Balaban J connectivity index is 1.32. The van der Waals surface area contributed by atoms with Gasteiger partial charge in [0.1, 0.15) is 5.75 Å². The Morgan fingerprint density at radius 3 is 2.55 bits per heavy atom.